The largest absolute Gasteiger partial charge is 0.387 e. The molecular weight excluding hydrogens is 428 g/mol. The first-order valence-electron chi connectivity index (χ1n) is 11.1. The molecule has 33 heavy (non-hydrogen) atoms. The van der Waals surface area contributed by atoms with E-state index in [0.717, 1.165) is 12.8 Å². The molecule has 11 nitrogen and oxygen atoms in total. The number of nitrogen functional groups attached to an aromatic ring is 1. The molecule has 1 amide bonds. The lowest BCUT2D eigenvalue weighted by Gasteiger charge is -2.38. The fourth-order valence-corrected chi connectivity index (χ4v) is 4.67. The number of carbonyl (C=O) groups excluding carboxylic acids is 1. The third kappa shape index (κ3) is 4.52. The summed E-state index contributed by atoms with van der Waals surface area (Å²) in [7, 11) is 0. The van der Waals surface area contributed by atoms with Crippen LogP contribution in [0.3, 0.4) is 0 Å². The first-order chi connectivity index (χ1) is 15.5. The van der Waals surface area contributed by atoms with Gasteiger partial charge in [-0.15, -0.1) is 0 Å². The molecule has 1 aliphatic heterocycles. The molecule has 2 aromatic heterocycles. The molecular formula is C22H30N6O5. The standard InChI is InChI=1S/C22H30N6O5/c1-4-24-19(31)16-14(29)15(30)20(33-16)28-11-25-13-17(23)26-12(27-18(13)28)6-9-22(32)8-5-7-21(2,3)10-22/h11,14-16,20,29-30,32H,4-5,7-8,10H2,1-3H3,(H,24,31)(H2,23,26,27). The van der Waals surface area contributed by atoms with Gasteiger partial charge < -0.3 is 31.1 Å². The number of nitrogens with zero attached hydrogens (tertiary/aromatic N) is 4. The minimum atomic E-state index is -1.43. The number of nitrogens with two attached hydrogens (primary N) is 1. The Morgan fingerprint density at radius 3 is 2.79 bits per heavy atom. The number of aliphatic hydroxyl groups is 3. The van der Waals surface area contributed by atoms with Gasteiger partial charge in [0.2, 0.25) is 5.82 Å². The zero-order valence-corrected chi connectivity index (χ0v) is 18.9. The summed E-state index contributed by atoms with van der Waals surface area (Å²) < 4.78 is 7.05. The van der Waals surface area contributed by atoms with Crippen molar-refractivity contribution in [1.82, 2.24) is 24.8 Å². The van der Waals surface area contributed by atoms with Crippen molar-refractivity contribution in [2.24, 2.45) is 5.41 Å². The molecule has 2 fully saturated rings. The number of aliphatic hydroxyl groups excluding tert-OH is 2. The van der Waals surface area contributed by atoms with Gasteiger partial charge in [-0.3, -0.25) is 9.36 Å². The molecule has 3 heterocycles. The molecule has 5 unspecified atom stereocenters. The highest BCUT2D eigenvalue weighted by Crippen LogP contribution is 2.40. The Bertz CT molecular complexity index is 1120. The molecule has 6 N–H and O–H groups in total. The van der Waals surface area contributed by atoms with E-state index in [2.05, 4.69) is 46.0 Å². The third-order valence-corrected chi connectivity index (χ3v) is 6.19. The van der Waals surface area contributed by atoms with Gasteiger partial charge in [0.25, 0.3) is 5.91 Å². The number of aromatic nitrogens is 4. The van der Waals surface area contributed by atoms with Crippen LogP contribution in [0.2, 0.25) is 0 Å². The third-order valence-electron chi connectivity index (χ3n) is 6.19. The Morgan fingerprint density at radius 2 is 2.09 bits per heavy atom. The highest BCUT2D eigenvalue weighted by Gasteiger charge is 2.47. The number of likely N-dealkylation sites (N-methyl/N-ethyl adjacent to an activating group) is 1. The van der Waals surface area contributed by atoms with Crippen molar-refractivity contribution in [1.29, 1.82) is 0 Å². The molecule has 2 aliphatic rings. The molecule has 4 rings (SSSR count). The lowest BCUT2D eigenvalue weighted by Crippen LogP contribution is -2.42. The summed E-state index contributed by atoms with van der Waals surface area (Å²) in [6.07, 6.45) is -0.820. The number of hydrogen-bond acceptors (Lipinski definition) is 9. The maximum atomic E-state index is 12.2. The van der Waals surface area contributed by atoms with Gasteiger partial charge >= 0.3 is 0 Å². The van der Waals surface area contributed by atoms with E-state index >= 15 is 0 Å². The average Bonchev–Trinajstić information content (AvgIpc) is 3.27. The van der Waals surface area contributed by atoms with Crippen LogP contribution < -0.4 is 11.1 Å². The SMILES string of the molecule is CCNC(=O)C1OC(n2cnc3c(N)nc(C#CC4(O)CCCC(C)(C)C4)nc32)C(O)C1O. The van der Waals surface area contributed by atoms with E-state index in [4.69, 9.17) is 10.5 Å². The van der Waals surface area contributed by atoms with Crippen molar-refractivity contribution in [2.45, 2.75) is 76.6 Å². The molecule has 11 heteroatoms. The van der Waals surface area contributed by atoms with Crippen LogP contribution in [0.25, 0.3) is 11.2 Å². The monoisotopic (exact) mass is 458 g/mol. The van der Waals surface area contributed by atoms with Crippen LogP contribution in [0.4, 0.5) is 5.82 Å². The van der Waals surface area contributed by atoms with E-state index in [9.17, 15) is 20.1 Å². The Hall–Kier alpha value is -2.78. The van der Waals surface area contributed by atoms with Crippen LogP contribution >= 0.6 is 0 Å². The summed E-state index contributed by atoms with van der Waals surface area (Å²) in [6.45, 7) is 6.31. The van der Waals surface area contributed by atoms with Crippen LogP contribution in [-0.2, 0) is 9.53 Å². The molecule has 1 saturated heterocycles. The number of imidazole rings is 1. The lowest BCUT2D eigenvalue weighted by molar-refractivity contribution is -0.137. The molecule has 1 aliphatic carbocycles. The summed E-state index contributed by atoms with van der Waals surface area (Å²) in [4.78, 5) is 25.0. The Kier molecular flexibility index (Phi) is 6.05. The Labute approximate surface area is 191 Å². The normalized spacial score (nSPS) is 31.2. The molecule has 0 radical (unpaired) electrons. The van der Waals surface area contributed by atoms with Crippen molar-refractivity contribution >= 4 is 22.9 Å². The minimum absolute atomic E-state index is 0.0124. The van der Waals surface area contributed by atoms with Gasteiger partial charge in [0.1, 0.15) is 23.3 Å². The van der Waals surface area contributed by atoms with Crippen LogP contribution in [0.1, 0.15) is 58.5 Å². The number of fused-ring (bicyclic) bond motifs is 1. The van der Waals surface area contributed by atoms with Gasteiger partial charge in [0.15, 0.2) is 23.8 Å². The maximum absolute atomic E-state index is 12.2. The average molecular weight is 459 g/mol. The second-order valence-electron chi connectivity index (χ2n) is 9.56. The quantitative estimate of drug-likeness (QED) is 0.393. The first-order valence-corrected chi connectivity index (χ1v) is 11.1. The van der Waals surface area contributed by atoms with Crippen molar-refractivity contribution in [3.63, 3.8) is 0 Å². The summed E-state index contributed by atoms with van der Waals surface area (Å²) in [5.41, 5.74) is 5.41. The molecule has 5 atom stereocenters. The molecule has 0 aromatic carbocycles. The molecule has 1 saturated carbocycles. The van der Waals surface area contributed by atoms with E-state index in [0.29, 0.717) is 19.4 Å². The predicted octanol–water partition coefficient (Wildman–Crippen LogP) is -0.153. The molecule has 0 bridgehead atoms. The van der Waals surface area contributed by atoms with E-state index in [1.807, 2.05) is 0 Å². The van der Waals surface area contributed by atoms with Crippen LogP contribution in [0.5, 0.6) is 0 Å². The van der Waals surface area contributed by atoms with Gasteiger partial charge in [-0.05, 0) is 43.9 Å². The fourth-order valence-electron chi connectivity index (χ4n) is 4.67. The minimum Gasteiger partial charge on any atom is -0.387 e. The van der Waals surface area contributed by atoms with Crippen LogP contribution in [0, 0.1) is 17.3 Å². The Morgan fingerprint density at radius 1 is 1.33 bits per heavy atom. The van der Waals surface area contributed by atoms with Crippen molar-refractivity contribution in [3.05, 3.63) is 12.2 Å². The molecule has 178 valence electrons. The van der Waals surface area contributed by atoms with E-state index < -0.39 is 36.0 Å². The number of ether oxygens (including phenoxy) is 1. The van der Waals surface area contributed by atoms with Gasteiger partial charge in [-0.25, -0.2) is 15.0 Å². The number of rotatable bonds is 3. The van der Waals surface area contributed by atoms with E-state index in [-0.39, 0.29) is 28.2 Å². The zero-order valence-electron chi connectivity index (χ0n) is 18.9. The van der Waals surface area contributed by atoms with Crippen molar-refractivity contribution in [2.75, 3.05) is 12.3 Å². The second kappa shape index (κ2) is 8.53. The lowest BCUT2D eigenvalue weighted by atomic mass is 9.70. The topological polar surface area (TPSA) is 169 Å². The smallest absolute Gasteiger partial charge is 0.252 e. The summed E-state index contributed by atoms with van der Waals surface area (Å²) in [5, 5.41) is 34.4. The number of amides is 1. The van der Waals surface area contributed by atoms with Gasteiger partial charge in [-0.1, -0.05) is 19.8 Å². The first kappa shape index (κ1) is 23.4. The van der Waals surface area contributed by atoms with Gasteiger partial charge in [-0.2, -0.15) is 0 Å². The number of carbonyl (C=O) groups is 1. The van der Waals surface area contributed by atoms with Crippen LogP contribution in [0.15, 0.2) is 6.33 Å². The number of anilines is 1. The van der Waals surface area contributed by atoms with Crippen LogP contribution in [-0.4, -0.2) is 71.2 Å². The predicted molar refractivity (Wildman–Crippen MR) is 118 cm³/mol. The molecule has 2 aromatic rings. The Balaban J connectivity index is 1.66. The van der Waals surface area contributed by atoms with E-state index in [1.165, 1.54) is 10.9 Å². The molecule has 0 spiro atoms. The van der Waals surface area contributed by atoms with Crippen molar-refractivity contribution < 1.29 is 24.9 Å². The van der Waals surface area contributed by atoms with Gasteiger partial charge in [0.05, 0.1) is 6.33 Å². The second-order valence-corrected chi connectivity index (χ2v) is 9.56. The number of nitrogens with one attached hydrogen (secondary N) is 1. The summed E-state index contributed by atoms with van der Waals surface area (Å²) in [5.74, 6) is 5.39. The zero-order chi connectivity index (χ0) is 24.0. The van der Waals surface area contributed by atoms with E-state index in [1.54, 1.807) is 6.92 Å². The maximum Gasteiger partial charge on any atom is 0.252 e. The summed E-state index contributed by atoms with van der Waals surface area (Å²) >= 11 is 0. The highest BCUT2D eigenvalue weighted by atomic mass is 16.6. The fraction of sp³-hybridized carbons (Fsp3) is 0.636. The summed E-state index contributed by atoms with van der Waals surface area (Å²) in [6, 6.07) is 0. The highest BCUT2D eigenvalue weighted by molar-refractivity contribution is 5.83. The number of hydrogen-bond donors (Lipinski definition) is 5. The van der Waals surface area contributed by atoms with Crippen molar-refractivity contribution in [3.8, 4) is 11.8 Å². The van der Waals surface area contributed by atoms with Gasteiger partial charge in [0, 0.05) is 6.54 Å².